The van der Waals surface area contributed by atoms with E-state index in [-0.39, 0.29) is 17.4 Å². The van der Waals surface area contributed by atoms with E-state index < -0.39 is 6.04 Å². The molecule has 0 spiro atoms. The molecule has 2 heterocycles. The molecule has 142 valence electrons. The predicted molar refractivity (Wildman–Crippen MR) is 98.2 cm³/mol. The smallest absolute Gasteiger partial charge is 0.324 e. The number of amides is 3. The Morgan fingerprint density at radius 3 is 2.46 bits per heavy atom. The van der Waals surface area contributed by atoms with Crippen molar-refractivity contribution < 1.29 is 19.1 Å². The van der Waals surface area contributed by atoms with E-state index in [9.17, 15) is 9.59 Å². The summed E-state index contributed by atoms with van der Waals surface area (Å²) in [5.74, 6) is 1.04. The molecule has 0 aromatic heterocycles. The molecule has 0 aliphatic carbocycles. The molecular formula is C20H28N2O4. The van der Waals surface area contributed by atoms with Crippen LogP contribution in [0.3, 0.4) is 0 Å². The molecule has 0 bridgehead atoms. The largest absolute Gasteiger partial charge is 0.497 e. The van der Waals surface area contributed by atoms with Gasteiger partial charge in [-0.2, -0.15) is 0 Å². The zero-order valence-electron chi connectivity index (χ0n) is 15.8. The standard InChI is InChI=1S/C20H28N2O4/c1-14(2)12-17-18(23)22(19(24)21-17)13-20(8-10-26-11-9-20)15-4-6-16(25-3)7-5-15/h4-7,14,17H,8-13H2,1-3H3,(H,21,24). The number of nitrogens with zero attached hydrogens (tertiary/aromatic N) is 1. The maximum atomic E-state index is 12.8. The van der Waals surface area contributed by atoms with E-state index in [0.717, 1.165) is 24.2 Å². The summed E-state index contributed by atoms with van der Waals surface area (Å²) in [6.07, 6.45) is 2.23. The van der Waals surface area contributed by atoms with E-state index in [4.69, 9.17) is 9.47 Å². The van der Waals surface area contributed by atoms with Crippen molar-refractivity contribution in [3.63, 3.8) is 0 Å². The molecule has 3 amide bonds. The summed E-state index contributed by atoms with van der Waals surface area (Å²) in [6.45, 7) is 5.76. The third kappa shape index (κ3) is 3.70. The minimum absolute atomic E-state index is 0.108. The molecule has 6 heteroatoms. The number of imide groups is 1. The van der Waals surface area contributed by atoms with Gasteiger partial charge in [-0.1, -0.05) is 26.0 Å². The molecule has 2 aliphatic rings. The van der Waals surface area contributed by atoms with Gasteiger partial charge in [0.25, 0.3) is 5.91 Å². The van der Waals surface area contributed by atoms with Crippen molar-refractivity contribution in [2.24, 2.45) is 5.92 Å². The van der Waals surface area contributed by atoms with Crippen molar-refractivity contribution in [3.05, 3.63) is 29.8 Å². The van der Waals surface area contributed by atoms with Crippen molar-refractivity contribution in [1.29, 1.82) is 0 Å². The van der Waals surface area contributed by atoms with Crippen LogP contribution in [0.4, 0.5) is 4.79 Å². The highest BCUT2D eigenvalue weighted by molar-refractivity contribution is 6.04. The highest BCUT2D eigenvalue weighted by atomic mass is 16.5. The first-order valence-corrected chi connectivity index (χ1v) is 9.29. The van der Waals surface area contributed by atoms with Gasteiger partial charge in [0.2, 0.25) is 0 Å². The number of hydrogen-bond donors (Lipinski definition) is 1. The highest BCUT2D eigenvalue weighted by Gasteiger charge is 2.44. The third-order valence-corrected chi connectivity index (χ3v) is 5.43. The van der Waals surface area contributed by atoms with Crippen LogP contribution in [0.5, 0.6) is 5.75 Å². The molecule has 26 heavy (non-hydrogen) atoms. The van der Waals surface area contributed by atoms with Crippen LogP contribution in [0.15, 0.2) is 24.3 Å². The van der Waals surface area contributed by atoms with Crippen LogP contribution < -0.4 is 10.1 Å². The van der Waals surface area contributed by atoms with Crippen molar-refractivity contribution in [1.82, 2.24) is 10.2 Å². The first-order chi connectivity index (χ1) is 12.4. The second kappa shape index (κ2) is 7.66. The molecule has 1 unspecified atom stereocenters. The molecule has 1 atom stereocenters. The van der Waals surface area contributed by atoms with Crippen LogP contribution in [0.25, 0.3) is 0 Å². The van der Waals surface area contributed by atoms with Gasteiger partial charge in [0.1, 0.15) is 11.8 Å². The molecule has 3 rings (SSSR count). The highest BCUT2D eigenvalue weighted by Crippen LogP contribution is 2.37. The number of benzene rings is 1. The quantitative estimate of drug-likeness (QED) is 0.792. The second-order valence-corrected chi connectivity index (χ2v) is 7.68. The summed E-state index contributed by atoms with van der Waals surface area (Å²) in [6, 6.07) is 7.25. The summed E-state index contributed by atoms with van der Waals surface area (Å²) in [7, 11) is 1.64. The molecule has 2 saturated heterocycles. The lowest BCUT2D eigenvalue weighted by Crippen LogP contribution is -2.47. The van der Waals surface area contributed by atoms with Crippen molar-refractivity contribution in [2.45, 2.75) is 44.6 Å². The Morgan fingerprint density at radius 2 is 1.88 bits per heavy atom. The van der Waals surface area contributed by atoms with Crippen LogP contribution in [-0.2, 0) is 14.9 Å². The Morgan fingerprint density at radius 1 is 1.23 bits per heavy atom. The fourth-order valence-corrected chi connectivity index (χ4v) is 3.91. The van der Waals surface area contributed by atoms with Crippen LogP contribution in [-0.4, -0.2) is 49.7 Å². The zero-order valence-corrected chi connectivity index (χ0v) is 15.8. The summed E-state index contributed by atoms with van der Waals surface area (Å²) in [5.41, 5.74) is 0.846. The van der Waals surface area contributed by atoms with Crippen molar-refractivity contribution >= 4 is 11.9 Å². The van der Waals surface area contributed by atoms with Crippen LogP contribution in [0.1, 0.15) is 38.7 Å². The number of methoxy groups -OCH3 is 1. The van der Waals surface area contributed by atoms with Crippen LogP contribution in [0.2, 0.25) is 0 Å². The van der Waals surface area contributed by atoms with Gasteiger partial charge >= 0.3 is 6.03 Å². The van der Waals surface area contributed by atoms with Gasteiger partial charge in [0, 0.05) is 25.2 Å². The van der Waals surface area contributed by atoms with E-state index in [1.54, 1.807) is 7.11 Å². The van der Waals surface area contributed by atoms with Gasteiger partial charge < -0.3 is 14.8 Å². The SMILES string of the molecule is COc1ccc(C2(CN3C(=O)NC(CC(C)C)C3=O)CCOCC2)cc1. The van der Waals surface area contributed by atoms with E-state index >= 15 is 0 Å². The number of urea groups is 1. The van der Waals surface area contributed by atoms with Crippen molar-refractivity contribution in [3.8, 4) is 5.75 Å². The molecule has 1 aromatic rings. The number of hydrogen-bond acceptors (Lipinski definition) is 4. The Hall–Kier alpha value is -2.08. The molecular weight excluding hydrogens is 332 g/mol. The fraction of sp³-hybridized carbons (Fsp3) is 0.600. The lowest BCUT2D eigenvalue weighted by Gasteiger charge is -2.39. The molecule has 6 nitrogen and oxygen atoms in total. The number of carbonyl (C=O) groups is 2. The van der Waals surface area contributed by atoms with Gasteiger partial charge in [0.15, 0.2) is 0 Å². The predicted octanol–water partition coefficient (Wildman–Crippen LogP) is 2.71. The Labute approximate surface area is 154 Å². The molecule has 0 saturated carbocycles. The second-order valence-electron chi connectivity index (χ2n) is 7.68. The van der Waals surface area contributed by atoms with Crippen LogP contribution >= 0.6 is 0 Å². The third-order valence-electron chi connectivity index (χ3n) is 5.43. The van der Waals surface area contributed by atoms with Gasteiger partial charge in [-0.25, -0.2) is 4.79 Å². The Balaban J connectivity index is 1.84. The van der Waals surface area contributed by atoms with E-state index in [2.05, 4.69) is 19.2 Å². The number of ether oxygens (including phenoxy) is 2. The molecule has 1 N–H and O–H groups in total. The van der Waals surface area contributed by atoms with Crippen LogP contribution in [0, 0.1) is 5.92 Å². The Bertz CT molecular complexity index is 650. The molecule has 0 radical (unpaired) electrons. The van der Waals surface area contributed by atoms with Crippen molar-refractivity contribution in [2.75, 3.05) is 26.9 Å². The first-order valence-electron chi connectivity index (χ1n) is 9.29. The monoisotopic (exact) mass is 360 g/mol. The van der Waals surface area contributed by atoms with Gasteiger partial charge in [-0.15, -0.1) is 0 Å². The number of carbonyl (C=O) groups excluding carboxylic acids is 2. The molecule has 1 aromatic carbocycles. The zero-order chi connectivity index (χ0) is 18.7. The van der Waals surface area contributed by atoms with Gasteiger partial charge in [-0.05, 0) is 42.9 Å². The van der Waals surface area contributed by atoms with Gasteiger partial charge in [0.05, 0.1) is 7.11 Å². The number of rotatable bonds is 6. The van der Waals surface area contributed by atoms with E-state index in [0.29, 0.717) is 32.1 Å². The first kappa shape index (κ1) is 18.7. The van der Waals surface area contributed by atoms with E-state index in [1.165, 1.54) is 4.90 Å². The lowest BCUT2D eigenvalue weighted by atomic mass is 9.73. The summed E-state index contributed by atoms with van der Waals surface area (Å²) in [5, 5.41) is 2.85. The minimum Gasteiger partial charge on any atom is -0.497 e. The summed E-state index contributed by atoms with van der Waals surface area (Å²) >= 11 is 0. The summed E-state index contributed by atoms with van der Waals surface area (Å²) < 4.78 is 10.8. The normalized spacial score (nSPS) is 22.6. The topological polar surface area (TPSA) is 67.9 Å². The maximum Gasteiger partial charge on any atom is 0.324 e. The minimum atomic E-state index is -0.407. The fourth-order valence-electron chi connectivity index (χ4n) is 3.91. The van der Waals surface area contributed by atoms with Gasteiger partial charge in [-0.3, -0.25) is 9.69 Å². The Kier molecular flexibility index (Phi) is 5.51. The maximum absolute atomic E-state index is 12.8. The molecule has 2 aliphatic heterocycles. The number of nitrogens with one attached hydrogen (secondary N) is 1. The molecule has 2 fully saturated rings. The lowest BCUT2D eigenvalue weighted by molar-refractivity contribution is -0.128. The average molecular weight is 360 g/mol. The average Bonchev–Trinajstić information content (AvgIpc) is 2.89. The summed E-state index contributed by atoms with van der Waals surface area (Å²) in [4.78, 5) is 26.7. The van der Waals surface area contributed by atoms with E-state index in [1.807, 2.05) is 24.3 Å².